The first kappa shape index (κ1) is 24.0. The number of benzene rings is 3. The summed E-state index contributed by atoms with van der Waals surface area (Å²) in [6.45, 7) is 0.683. The van der Waals surface area contributed by atoms with E-state index in [-0.39, 0.29) is 24.8 Å². The number of rotatable bonds is 10. The highest BCUT2D eigenvalue weighted by Crippen LogP contribution is 2.15. The van der Waals surface area contributed by atoms with Crippen LogP contribution in [0.3, 0.4) is 0 Å². The van der Waals surface area contributed by atoms with Gasteiger partial charge in [-0.3, -0.25) is 9.59 Å². The summed E-state index contributed by atoms with van der Waals surface area (Å²) < 4.78 is 11.9. The summed E-state index contributed by atoms with van der Waals surface area (Å²) in [5.74, 6) is 0.866. The van der Waals surface area contributed by atoms with Gasteiger partial charge in [-0.1, -0.05) is 28.1 Å². The lowest BCUT2D eigenvalue weighted by atomic mass is 10.2. The molecule has 3 rings (SSSR count). The Bertz CT molecular complexity index is 1080. The molecule has 0 aliphatic rings. The van der Waals surface area contributed by atoms with E-state index in [1.165, 1.54) is 0 Å². The monoisotopic (exact) mass is 509 g/mol. The molecule has 7 nitrogen and oxygen atoms in total. The third kappa shape index (κ3) is 8.08. The van der Waals surface area contributed by atoms with Crippen LogP contribution in [0, 0.1) is 0 Å². The van der Waals surface area contributed by atoms with Crippen molar-refractivity contribution in [1.29, 1.82) is 0 Å². The number of hydrazone groups is 1. The molecule has 0 aromatic heterocycles. The Balaban J connectivity index is 1.36. The van der Waals surface area contributed by atoms with Crippen molar-refractivity contribution in [3.8, 4) is 11.5 Å². The van der Waals surface area contributed by atoms with Crippen LogP contribution in [0.4, 0.5) is 0 Å². The van der Waals surface area contributed by atoms with Crippen LogP contribution in [-0.2, 0) is 11.4 Å². The second-order valence-electron chi connectivity index (χ2n) is 7.01. The zero-order valence-corrected chi connectivity index (χ0v) is 19.7. The van der Waals surface area contributed by atoms with Crippen LogP contribution in [-0.4, -0.2) is 31.7 Å². The first-order valence-electron chi connectivity index (χ1n) is 10.2. The van der Waals surface area contributed by atoms with Crippen molar-refractivity contribution < 1.29 is 19.1 Å². The molecule has 170 valence electrons. The second-order valence-corrected chi connectivity index (χ2v) is 7.93. The molecular weight excluding hydrogens is 486 g/mol. The van der Waals surface area contributed by atoms with Crippen molar-refractivity contribution in [2.45, 2.75) is 13.0 Å². The predicted molar refractivity (Wildman–Crippen MR) is 131 cm³/mol. The summed E-state index contributed by atoms with van der Waals surface area (Å²) in [5.41, 5.74) is 4.85. The average molecular weight is 510 g/mol. The molecule has 0 aliphatic heterocycles. The zero-order valence-electron chi connectivity index (χ0n) is 18.1. The van der Waals surface area contributed by atoms with Crippen LogP contribution >= 0.6 is 15.9 Å². The van der Waals surface area contributed by atoms with Crippen LogP contribution < -0.4 is 20.2 Å². The van der Waals surface area contributed by atoms with Gasteiger partial charge in [0.05, 0.1) is 13.3 Å². The van der Waals surface area contributed by atoms with E-state index in [1.54, 1.807) is 37.6 Å². The van der Waals surface area contributed by atoms with Gasteiger partial charge in [-0.15, -0.1) is 0 Å². The highest BCUT2D eigenvalue weighted by molar-refractivity contribution is 9.10. The summed E-state index contributed by atoms with van der Waals surface area (Å²) in [6, 6.07) is 22.1. The van der Waals surface area contributed by atoms with Crippen molar-refractivity contribution in [2.24, 2.45) is 5.10 Å². The molecule has 0 spiro atoms. The molecular formula is C25H24BrN3O4. The van der Waals surface area contributed by atoms with Crippen LogP contribution in [0.15, 0.2) is 82.4 Å². The van der Waals surface area contributed by atoms with E-state index in [4.69, 9.17) is 9.47 Å². The van der Waals surface area contributed by atoms with Gasteiger partial charge in [0.2, 0.25) is 5.91 Å². The minimum Gasteiger partial charge on any atom is -0.497 e. The number of carbonyl (C=O) groups excluding carboxylic acids is 2. The minimum absolute atomic E-state index is 0.113. The lowest BCUT2D eigenvalue weighted by molar-refractivity contribution is -0.120. The van der Waals surface area contributed by atoms with Gasteiger partial charge in [-0.25, -0.2) is 5.43 Å². The molecule has 8 heteroatoms. The minimum atomic E-state index is -0.296. The molecule has 3 aromatic rings. The molecule has 0 bridgehead atoms. The number of hydrogen-bond acceptors (Lipinski definition) is 5. The van der Waals surface area contributed by atoms with E-state index in [1.807, 2.05) is 48.5 Å². The summed E-state index contributed by atoms with van der Waals surface area (Å²) >= 11 is 3.41. The Hall–Kier alpha value is -3.65. The fourth-order valence-corrected chi connectivity index (χ4v) is 3.03. The molecule has 0 unspecified atom stereocenters. The third-order valence-corrected chi connectivity index (χ3v) is 5.12. The van der Waals surface area contributed by atoms with Crippen molar-refractivity contribution in [1.82, 2.24) is 10.7 Å². The van der Waals surface area contributed by atoms with Crippen LogP contribution in [0.1, 0.15) is 27.9 Å². The summed E-state index contributed by atoms with van der Waals surface area (Å²) in [4.78, 5) is 24.0. The Morgan fingerprint density at radius 3 is 2.27 bits per heavy atom. The normalized spacial score (nSPS) is 10.6. The molecule has 0 aliphatic carbocycles. The van der Waals surface area contributed by atoms with Gasteiger partial charge in [0.1, 0.15) is 18.1 Å². The van der Waals surface area contributed by atoms with E-state index in [0.717, 1.165) is 21.3 Å². The summed E-state index contributed by atoms with van der Waals surface area (Å²) in [7, 11) is 1.56. The molecule has 3 aromatic carbocycles. The number of amides is 2. The molecule has 0 radical (unpaired) electrons. The van der Waals surface area contributed by atoms with Gasteiger partial charge >= 0.3 is 0 Å². The number of ether oxygens (including phenoxy) is 2. The van der Waals surface area contributed by atoms with Gasteiger partial charge in [0.25, 0.3) is 5.91 Å². The number of nitrogens with zero attached hydrogens (tertiary/aromatic N) is 1. The molecule has 0 atom stereocenters. The van der Waals surface area contributed by atoms with E-state index < -0.39 is 0 Å². The topological polar surface area (TPSA) is 89.0 Å². The number of halogens is 1. The number of carbonyl (C=O) groups is 2. The molecule has 2 amide bonds. The van der Waals surface area contributed by atoms with E-state index >= 15 is 0 Å². The van der Waals surface area contributed by atoms with E-state index in [9.17, 15) is 9.59 Å². The van der Waals surface area contributed by atoms with Gasteiger partial charge in [0.15, 0.2) is 0 Å². The van der Waals surface area contributed by atoms with Crippen molar-refractivity contribution in [3.05, 3.63) is 94.0 Å². The highest BCUT2D eigenvalue weighted by atomic mass is 79.9. The Labute approximate surface area is 200 Å². The maximum absolute atomic E-state index is 12.1. The second kappa shape index (κ2) is 12.4. The van der Waals surface area contributed by atoms with Gasteiger partial charge in [0, 0.05) is 23.0 Å². The van der Waals surface area contributed by atoms with Crippen molar-refractivity contribution >= 4 is 34.0 Å². The maximum Gasteiger partial charge on any atom is 0.251 e. The number of hydrogen-bond donors (Lipinski definition) is 2. The summed E-state index contributed by atoms with van der Waals surface area (Å²) in [6.07, 6.45) is 1.66. The van der Waals surface area contributed by atoms with Crippen LogP contribution in [0.2, 0.25) is 0 Å². The quantitative estimate of drug-likeness (QED) is 0.314. The summed E-state index contributed by atoms with van der Waals surface area (Å²) in [5, 5.41) is 6.65. The zero-order chi connectivity index (χ0) is 23.5. The molecule has 0 heterocycles. The van der Waals surface area contributed by atoms with Gasteiger partial charge in [-0.05, 0) is 71.8 Å². The predicted octanol–water partition coefficient (Wildman–Crippen LogP) is 4.31. The van der Waals surface area contributed by atoms with Crippen molar-refractivity contribution in [2.75, 3.05) is 13.7 Å². The van der Waals surface area contributed by atoms with Gasteiger partial charge < -0.3 is 14.8 Å². The number of nitrogens with one attached hydrogen (secondary N) is 2. The van der Waals surface area contributed by atoms with E-state index in [0.29, 0.717) is 17.9 Å². The first-order chi connectivity index (χ1) is 16.0. The highest BCUT2D eigenvalue weighted by Gasteiger charge is 2.06. The average Bonchev–Trinajstić information content (AvgIpc) is 2.84. The largest absolute Gasteiger partial charge is 0.497 e. The Kier molecular flexibility index (Phi) is 9.02. The lowest BCUT2D eigenvalue weighted by Gasteiger charge is -2.07. The number of methoxy groups -OCH3 is 1. The SMILES string of the molecule is COc1ccc(C(=O)NCCC(=O)NN=Cc2ccc(OCc3ccc(Br)cc3)cc2)cc1. The Morgan fingerprint density at radius 2 is 1.61 bits per heavy atom. The van der Waals surface area contributed by atoms with Gasteiger partial charge in [-0.2, -0.15) is 5.10 Å². The maximum atomic E-state index is 12.1. The van der Waals surface area contributed by atoms with Crippen LogP contribution in [0.5, 0.6) is 11.5 Å². The molecule has 33 heavy (non-hydrogen) atoms. The molecule has 0 saturated heterocycles. The van der Waals surface area contributed by atoms with Crippen LogP contribution in [0.25, 0.3) is 0 Å². The molecule has 2 N–H and O–H groups in total. The van der Waals surface area contributed by atoms with Crippen molar-refractivity contribution in [3.63, 3.8) is 0 Å². The smallest absolute Gasteiger partial charge is 0.251 e. The lowest BCUT2D eigenvalue weighted by Crippen LogP contribution is -2.29. The molecule has 0 fully saturated rings. The third-order valence-electron chi connectivity index (χ3n) is 4.59. The standard InChI is InChI=1S/C25H24BrN3O4/c1-32-22-12-6-20(7-13-22)25(31)27-15-14-24(30)29-28-16-18-4-10-23(11-5-18)33-17-19-2-8-21(26)9-3-19/h2-13,16H,14-15,17H2,1H3,(H,27,31)(H,29,30). The molecule has 0 saturated carbocycles. The first-order valence-corrected chi connectivity index (χ1v) is 11.0. The Morgan fingerprint density at radius 1 is 0.939 bits per heavy atom. The fraction of sp³-hybridized carbons (Fsp3) is 0.160. The fourth-order valence-electron chi connectivity index (χ4n) is 2.77. The van der Waals surface area contributed by atoms with E-state index in [2.05, 4.69) is 31.8 Å².